The van der Waals surface area contributed by atoms with E-state index in [0.29, 0.717) is 28.1 Å². The van der Waals surface area contributed by atoms with Gasteiger partial charge >= 0.3 is 5.97 Å². The molecule has 1 aromatic carbocycles. The summed E-state index contributed by atoms with van der Waals surface area (Å²) in [5, 5.41) is 0. The number of methoxy groups -OCH3 is 1. The van der Waals surface area contributed by atoms with Crippen LogP contribution in [0.3, 0.4) is 0 Å². The van der Waals surface area contributed by atoms with Crippen LogP contribution in [0.5, 0.6) is 11.5 Å². The lowest BCUT2D eigenvalue weighted by Crippen LogP contribution is -2.43. The zero-order chi connectivity index (χ0) is 15.2. The molecule has 2 aliphatic rings. The van der Waals surface area contributed by atoms with Gasteiger partial charge in [0.25, 0.3) is 5.79 Å². The molecular formula is C15H17BrO5. The standard InChI is InChI=1S/C15H17BrO5/c1-8-10(14(17)18-3)6-11(16)13-12(8)20-15(2,21-13)9-4-5-19-7-9/h6,9H,4-5,7H2,1-3H3. The van der Waals surface area contributed by atoms with E-state index >= 15 is 0 Å². The zero-order valence-electron chi connectivity index (χ0n) is 12.2. The first-order valence-corrected chi connectivity index (χ1v) is 7.62. The number of ether oxygens (including phenoxy) is 4. The smallest absolute Gasteiger partial charge is 0.338 e. The lowest BCUT2D eigenvalue weighted by atomic mass is 9.99. The molecule has 21 heavy (non-hydrogen) atoms. The Morgan fingerprint density at radius 3 is 2.76 bits per heavy atom. The monoisotopic (exact) mass is 356 g/mol. The summed E-state index contributed by atoms with van der Waals surface area (Å²) in [5.74, 6) is 0.241. The molecule has 1 fully saturated rings. The van der Waals surface area contributed by atoms with Crippen molar-refractivity contribution in [2.45, 2.75) is 26.1 Å². The second-order valence-corrected chi connectivity index (χ2v) is 6.32. The molecule has 0 bridgehead atoms. The lowest BCUT2D eigenvalue weighted by Gasteiger charge is -2.28. The summed E-state index contributed by atoms with van der Waals surface area (Å²) in [7, 11) is 1.36. The van der Waals surface area contributed by atoms with Crippen LogP contribution in [0.1, 0.15) is 29.3 Å². The van der Waals surface area contributed by atoms with Crippen LogP contribution in [-0.4, -0.2) is 32.1 Å². The number of halogens is 1. The molecular weight excluding hydrogens is 340 g/mol. The number of rotatable bonds is 2. The molecule has 5 nitrogen and oxygen atoms in total. The van der Waals surface area contributed by atoms with Crippen molar-refractivity contribution in [1.82, 2.24) is 0 Å². The van der Waals surface area contributed by atoms with Gasteiger partial charge in [0.05, 0.1) is 29.7 Å². The van der Waals surface area contributed by atoms with Gasteiger partial charge in [0.15, 0.2) is 11.5 Å². The number of carbonyl (C=O) groups is 1. The molecule has 1 aromatic rings. The molecule has 2 aliphatic heterocycles. The second kappa shape index (κ2) is 5.18. The van der Waals surface area contributed by atoms with Crippen molar-refractivity contribution in [2.75, 3.05) is 20.3 Å². The first kappa shape index (κ1) is 14.7. The predicted octanol–water partition coefficient (Wildman–Crippen LogP) is 3.07. The highest BCUT2D eigenvalue weighted by Crippen LogP contribution is 2.50. The van der Waals surface area contributed by atoms with E-state index in [2.05, 4.69) is 15.9 Å². The highest BCUT2D eigenvalue weighted by atomic mass is 79.9. The maximum absolute atomic E-state index is 11.8. The van der Waals surface area contributed by atoms with Crippen LogP contribution in [0.2, 0.25) is 0 Å². The molecule has 0 radical (unpaired) electrons. The van der Waals surface area contributed by atoms with Crippen LogP contribution in [0.15, 0.2) is 10.5 Å². The lowest BCUT2D eigenvalue weighted by molar-refractivity contribution is -0.110. The van der Waals surface area contributed by atoms with Crippen molar-refractivity contribution in [1.29, 1.82) is 0 Å². The summed E-state index contributed by atoms with van der Waals surface area (Å²) < 4.78 is 23.1. The highest BCUT2D eigenvalue weighted by Gasteiger charge is 2.47. The molecule has 2 unspecified atom stereocenters. The van der Waals surface area contributed by atoms with E-state index in [1.165, 1.54) is 7.11 Å². The van der Waals surface area contributed by atoms with E-state index in [4.69, 9.17) is 18.9 Å². The normalized spacial score (nSPS) is 27.0. The zero-order valence-corrected chi connectivity index (χ0v) is 13.8. The first-order chi connectivity index (χ1) is 9.96. The van der Waals surface area contributed by atoms with Crippen LogP contribution in [-0.2, 0) is 9.47 Å². The molecule has 2 heterocycles. The third kappa shape index (κ3) is 2.30. The Bertz CT molecular complexity index is 594. The van der Waals surface area contributed by atoms with Crippen molar-refractivity contribution < 1.29 is 23.7 Å². The van der Waals surface area contributed by atoms with Crippen LogP contribution in [0.4, 0.5) is 0 Å². The molecule has 0 spiro atoms. The van der Waals surface area contributed by atoms with E-state index in [1.807, 2.05) is 13.8 Å². The quantitative estimate of drug-likeness (QED) is 0.762. The molecule has 0 N–H and O–H groups in total. The Balaban J connectivity index is 2.01. The first-order valence-electron chi connectivity index (χ1n) is 6.83. The van der Waals surface area contributed by atoms with E-state index in [-0.39, 0.29) is 5.92 Å². The fourth-order valence-electron chi connectivity index (χ4n) is 2.78. The average molecular weight is 357 g/mol. The number of hydrogen-bond donors (Lipinski definition) is 0. The molecule has 2 atom stereocenters. The summed E-state index contributed by atoms with van der Waals surface area (Å²) in [6.07, 6.45) is 0.894. The van der Waals surface area contributed by atoms with Crippen molar-refractivity contribution >= 4 is 21.9 Å². The number of hydrogen-bond acceptors (Lipinski definition) is 5. The van der Waals surface area contributed by atoms with Crippen LogP contribution in [0.25, 0.3) is 0 Å². The van der Waals surface area contributed by atoms with E-state index in [9.17, 15) is 4.79 Å². The maximum Gasteiger partial charge on any atom is 0.338 e. The molecule has 0 aliphatic carbocycles. The van der Waals surface area contributed by atoms with Gasteiger partial charge in [-0.1, -0.05) is 0 Å². The van der Waals surface area contributed by atoms with Crippen molar-refractivity contribution in [3.8, 4) is 11.5 Å². The van der Waals surface area contributed by atoms with Gasteiger partial charge < -0.3 is 18.9 Å². The molecule has 6 heteroatoms. The van der Waals surface area contributed by atoms with Crippen molar-refractivity contribution in [2.24, 2.45) is 5.92 Å². The van der Waals surface area contributed by atoms with Gasteiger partial charge in [0, 0.05) is 19.1 Å². The van der Waals surface area contributed by atoms with Gasteiger partial charge in [-0.05, 0) is 35.3 Å². The largest absolute Gasteiger partial charge is 0.465 e. The molecule has 3 rings (SSSR count). The minimum atomic E-state index is -0.763. The fourth-order valence-corrected chi connectivity index (χ4v) is 3.27. The highest BCUT2D eigenvalue weighted by molar-refractivity contribution is 9.10. The van der Waals surface area contributed by atoms with Gasteiger partial charge in [-0.3, -0.25) is 0 Å². The average Bonchev–Trinajstić information content (AvgIpc) is 3.10. The van der Waals surface area contributed by atoms with Gasteiger partial charge in [-0.15, -0.1) is 0 Å². The summed E-state index contributed by atoms with van der Waals surface area (Å²) in [6.45, 7) is 5.08. The topological polar surface area (TPSA) is 54.0 Å². The van der Waals surface area contributed by atoms with E-state index in [1.54, 1.807) is 6.07 Å². The summed E-state index contributed by atoms with van der Waals surface area (Å²) in [5.41, 5.74) is 1.20. The van der Waals surface area contributed by atoms with Crippen LogP contribution < -0.4 is 9.47 Å². The molecule has 0 amide bonds. The Morgan fingerprint density at radius 1 is 1.43 bits per heavy atom. The summed E-state index contributed by atoms with van der Waals surface area (Å²) in [4.78, 5) is 11.8. The number of benzene rings is 1. The molecule has 1 saturated heterocycles. The Labute approximate surface area is 131 Å². The molecule has 114 valence electrons. The maximum atomic E-state index is 11.8. The Morgan fingerprint density at radius 2 is 2.14 bits per heavy atom. The predicted molar refractivity (Wildman–Crippen MR) is 78.8 cm³/mol. The minimum Gasteiger partial charge on any atom is -0.465 e. The minimum absolute atomic E-state index is 0.165. The van der Waals surface area contributed by atoms with Gasteiger partial charge in [-0.2, -0.15) is 0 Å². The van der Waals surface area contributed by atoms with Crippen LogP contribution in [0, 0.1) is 12.8 Å². The second-order valence-electron chi connectivity index (χ2n) is 5.46. The number of esters is 1. The summed E-state index contributed by atoms with van der Waals surface area (Å²) in [6, 6.07) is 1.71. The fraction of sp³-hybridized carbons (Fsp3) is 0.533. The third-order valence-corrected chi connectivity index (χ3v) is 4.71. The Kier molecular flexibility index (Phi) is 3.61. The SMILES string of the molecule is COC(=O)c1cc(Br)c2c(c1C)OC(C)(C1CCOC1)O2. The number of fused-ring (bicyclic) bond motifs is 1. The van der Waals surface area contributed by atoms with Crippen molar-refractivity contribution in [3.05, 3.63) is 21.7 Å². The van der Waals surface area contributed by atoms with Gasteiger partial charge in [0.2, 0.25) is 0 Å². The molecule has 0 aromatic heterocycles. The Hall–Kier alpha value is -1.27. The van der Waals surface area contributed by atoms with E-state index < -0.39 is 11.8 Å². The van der Waals surface area contributed by atoms with Crippen molar-refractivity contribution in [3.63, 3.8) is 0 Å². The van der Waals surface area contributed by atoms with Gasteiger partial charge in [0.1, 0.15) is 0 Å². The van der Waals surface area contributed by atoms with E-state index in [0.717, 1.165) is 18.6 Å². The van der Waals surface area contributed by atoms with Gasteiger partial charge in [-0.25, -0.2) is 4.79 Å². The third-order valence-electron chi connectivity index (χ3n) is 4.12. The number of carbonyl (C=O) groups excluding carboxylic acids is 1. The van der Waals surface area contributed by atoms with Crippen LogP contribution >= 0.6 is 15.9 Å². The molecule has 0 saturated carbocycles. The summed E-state index contributed by atoms with van der Waals surface area (Å²) >= 11 is 3.45.